The molecular weight excluding hydrogens is 244 g/mol. The van der Waals surface area contributed by atoms with E-state index in [-0.39, 0.29) is 11.1 Å². The van der Waals surface area contributed by atoms with Gasteiger partial charge in [0.25, 0.3) is 5.69 Å². The molecule has 1 aromatic rings. The topological polar surface area (TPSA) is 145 Å². The van der Waals surface area contributed by atoms with Crippen LogP contribution in [-0.2, 0) is 0 Å². The van der Waals surface area contributed by atoms with Crippen molar-refractivity contribution in [1.29, 1.82) is 5.26 Å². The summed E-state index contributed by atoms with van der Waals surface area (Å²) in [4.78, 5) is 20.5. The molecule has 0 aromatic heterocycles. The number of carboxylic acids is 1. The zero-order chi connectivity index (χ0) is 13.9. The van der Waals surface area contributed by atoms with E-state index >= 15 is 0 Å². The summed E-state index contributed by atoms with van der Waals surface area (Å²) in [6.45, 7) is 0. The van der Waals surface area contributed by atoms with Gasteiger partial charge in [0.15, 0.2) is 6.10 Å². The maximum atomic E-state index is 10.7. The Bertz CT molecular complexity index is 536. The van der Waals surface area contributed by atoms with E-state index in [1.54, 1.807) is 0 Å². The Labute approximate surface area is 100 Å². The van der Waals surface area contributed by atoms with Gasteiger partial charge in [-0.15, -0.1) is 0 Å². The van der Waals surface area contributed by atoms with Crippen molar-refractivity contribution in [1.82, 2.24) is 0 Å². The highest BCUT2D eigenvalue weighted by atomic mass is 16.6. The molecule has 0 spiro atoms. The summed E-state index contributed by atoms with van der Waals surface area (Å²) in [5, 5.41) is 46.5. The van der Waals surface area contributed by atoms with E-state index in [0.29, 0.717) is 0 Å². The van der Waals surface area contributed by atoms with Crippen molar-refractivity contribution in [3.8, 4) is 6.07 Å². The number of nitro benzene ring substituents is 1. The quantitative estimate of drug-likeness (QED) is 0.394. The van der Waals surface area contributed by atoms with Crippen molar-refractivity contribution in [2.45, 2.75) is 12.2 Å². The number of nitriles is 1. The van der Waals surface area contributed by atoms with E-state index < -0.39 is 28.8 Å². The molecule has 0 aliphatic carbocycles. The number of nitro groups is 1. The SMILES string of the molecule is N#CC(O)C(O)c1ccc(C(=O)O)cc1[N+](=O)[O-]. The summed E-state index contributed by atoms with van der Waals surface area (Å²) < 4.78 is 0. The Kier molecular flexibility index (Phi) is 3.93. The summed E-state index contributed by atoms with van der Waals surface area (Å²) in [7, 11) is 0. The van der Waals surface area contributed by atoms with Crippen LogP contribution in [0.4, 0.5) is 5.69 Å². The first kappa shape index (κ1) is 13.6. The maximum absolute atomic E-state index is 10.7. The molecule has 0 heterocycles. The molecule has 18 heavy (non-hydrogen) atoms. The van der Waals surface area contributed by atoms with E-state index in [4.69, 9.17) is 15.5 Å². The first-order valence-corrected chi connectivity index (χ1v) is 4.66. The molecule has 2 atom stereocenters. The van der Waals surface area contributed by atoms with Gasteiger partial charge in [0, 0.05) is 6.07 Å². The normalized spacial score (nSPS) is 13.4. The number of rotatable bonds is 4. The maximum Gasteiger partial charge on any atom is 0.335 e. The number of nitrogens with zero attached hydrogens (tertiary/aromatic N) is 2. The third kappa shape index (κ3) is 2.60. The molecule has 8 heteroatoms. The number of aliphatic hydroxyl groups is 2. The van der Waals surface area contributed by atoms with Crippen LogP contribution in [0.1, 0.15) is 22.0 Å². The minimum atomic E-state index is -1.83. The highest BCUT2D eigenvalue weighted by Gasteiger charge is 2.27. The Morgan fingerprint density at radius 1 is 1.44 bits per heavy atom. The summed E-state index contributed by atoms with van der Waals surface area (Å²) in [5.74, 6) is -1.36. The van der Waals surface area contributed by atoms with E-state index in [9.17, 15) is 20.0 Å². The van der Waals surface area contributed by atoms with Gasteiger partial charge in [-0.05, 0) is 12.1 Å². The third-order valence-corrected chi connectivity index (χ3v) is 2.22. The average Bonchev–Trinajstić information content (AvgIpc) is 2.35. The van der Waals surface area contributed by atoms with E-state index in [2.05, 4.69) is 0 Å². The largest absolute Gasteiger partial charge is 0.478 e. The molecule has 1 rings (SSSR count). The second-order valence-electron chi connectivity index (χ2n) is 3.35. The van der Waals surface area contributed by atoms with Crippen LogP contribution in [0.2, 0.25) is 0 Å². The van der Waals surface area contributed by atoms with Gasteiger partial charge in [-0.3, -0.25) is 10.1 Å². The molecule has 1 aromatic carbocycles. The van der Waals surface area contributed by atoms with Gasteiger partial charge in [0.05, 0.1) is 22.1 Å². The van der Waals surface area contributed by atoms with Crippen molar-refractivity contribution in [3.05, 3.63) is 39.4 Å². The van der Waals surface area contributed by atoms with Crippen LogP contribution in [0, 0.1) is 21.4 Å². The van der Waals surface area contributed by atoms with Crippen LogP contribution in [0.5, 0.6) is 0 Å². The molecule has 0 fully saturated rings. The number of hydrogen-bond donors (Lipinski definition) is 3. The molecule has 0 saturated carbocycles. The van der Waals surface area contributed by atoms with Gasteiger partial charge in [-0.1, -0.05) is 0 Å². The summed E-state index contributed by atoms with van der Waals surface area (Å²) in [5.41, 5.74) is -1.32. The molecule has 0 aliphatic heterocycles. The van der Waals surface area contributed by atoms with Crippen LogP contribution < -0.4 is 0 Å². The predicted octanol–water partition coefficient (Wildman–Crippen LogP) is 0.211. The second kappa shape index (κ2) is 5.22. The lowest BCUT2D eigenvalue weighted by atomic mass is 10.0. The molecule has 8 nitrogen and oxygen atoms in total. The minimum Gasteiger partial charge on any atom is -0.478 e. The van der Waals surface area contributed by atoms with Gasteiger partial charge in [-0.2, -0.15) is 5.26 Å². The monoisotopic (exact) mass is 252 g/mol. The van der Waals surface area contributed by atoms with Crippen LogP contribution in [-0.4, -0.2) is 32.3 Å². The fourth-order valence-corrected chi connectivity index (χ4v) is 1.33. The lowest BCUT2D eigenvalue weighted by Gasteiger charge is -2.12. The highest BCUT2D eigenvalue weighted by Crippen LogP contribution is 2.28. The molecule has 0 amide bonds. The van der Waals surface area contributed by atoms with E-state index in [1.807, 2.05) is 0 Å². The number of benzene rings is 1. The van der Waals surface area contributed by atoms with E-state index in [0.717, 1.165) is 18.2 Å². The number of hydrogen-bond acceptors (Lipinski definition) is 6. The highest BCUT2D eigenvalue weighted by molar-refractivity contribution is 5.88. The molecule has 94 valence electrons. The number of carbonyl (C=O) groups is 1. The van der Waals surface area contributed by atoms with E-state index in [1.165, 1.54) is 6.07 Å². The summed E-state index contributed by atoms with van der Waals surface area (Å²) in [6.07, 6.45) is -3.61. The fourth-order valence-electron chi connectivity index (χ4n) is 1.33. The molecule has 0 aliphatic rings. The van der Waals surface area contributed by atoms with Crippen molar-refractivity contribution in [2.75, 3.05) is 0 Å². The Morgan fingerprint density at radius 2 is 2.06 bits per heavy atom. The zero-order valence-electron chi connectivity index (χ0n) is 8.85. The number of carboxylic acid groups (broad SMARTS) is 1. The lowest BCUT2D eigenvalue weighted by molar-refractivity contribution is -0.386. The van der Waals surface area contributed by atoms with Gasteiger partial charge >= 0.3 is 5.97 Å². The van der Waals surface area contributed by atoms with Crippen molar-refractivity contribution < 1.29 is 25.0 Å². The number of aliphatic hydroxyl groups excluding tert-OH is 2. The Balaban J connectivity index is 3.33. The summed E-state index contributed by atoms with van der Waals surface area (Å²) >= 11 is 0. The molecule has 0 bridgehead atoms. The van der Waals surface area contributed by atoms with Crippen LogP contribution in [0.3, 0.4) is 0 Å². The molecule has 2 unspecified atom stereocenters. The van der Waals surface area contributed by atoms with Crippen molar-refractivity contribution in [3.63, 3.8) is 0 Å². The Morgan fingerprint density at radius 3 is 2.50 bits per heavy atom. The third-order valence-electron chi connectivity index (χ3n) is 2.22. The fraction of sp³-hybridized carbons (Fsp3) is 0.200. The summed E-state index contributed by atoms with van der Waals surface area (Å²) in [6, 6.07) is 4.12. The zero-order valence-corrected chi connectivity index (χ0v) is 8.85. The average molecular weight is 252 g/mol. The van der Waals surface area contributed by atoms with Crippen molar-refractivity contribution in [2.24, 2.45) is 0 Å². The van der Waals surface area contributed by atoms with Gasteiger partial charge in [0.2, 0.25) is 0 Å². The van der Waals surface area contributed by atoms with Crippen LogP contribution in [0.15, 0.2) is 18.2 Å². The standard InChI is InChI=1S/C10H8N2O6/c11-4-8(13)9(14)6-2-1-5(10(15)16)3-7(6)12(17)18/h1-3,8-9,13-14H,(H,15,16). The second-order valence-corrected chi connectivity index (χ2v) is 3.35. The molecular formula is C10H8N2O6. The minimum absolute atomic E-state index is 0.320. The lowest BCUT2D eigenvalue weighted by Crippen LogP contribution is -2.17. The van der Waals surface area contributed by atoms with Crippen LogP contribution in [0.25, 0.3) is 0 Å². The Hall–Kier alpha value is -2.50. The van der Waals surface area contributed by atoms with Gasteiger partial charge in [0.1, 0.15) is 6.10 Å². The predicted molar refractivity (Wildman–Crippen MR) is 56.6 cm³/mol. The molecule has 0 radical (unpaired) electrons. The van der Waals surface area contributed by atoms with Crippen LogP contribution >= 0.6 is 0 Å². The smallest absolute Gasteiger partial charge is 0.335 e. The van der Waals surface area contributed by atoms with Crippen molar-refractivity contribution >= 4 is 11.7 Å². The first-order chi connectivity index (χ1) is 8.38. The van der Waals surface area contributed by atoms with Gasteiger partial charge < -0.3 is 15.3 Å². The number of aromatic carboxylic acids is 1. The molecule has 0 saturated heterocycles. The molecule has 3 N–H and O–H groups in total. The first-order valence-electron chi connectivity index (χ1n) is 4.66. The van der Waals surface area contributed by atoms with Gasteiger partial charge in [-0.25, -0.2) is 4.79 Å².